The molecule has 0 aromatic heterocycles. The quantitative estimate of drug-likeness (QED) is 0.736. The van der Waals surface area contributed by atoms with Crippen LogP contribution in [0.4, 0.5) is 4.79 Å². The standard InChI is InChI=1S/C18H26N2O5/c1-18(2,3)25-17(23)19-11-10-15(21)20-14(12-16(22)24-4)13-8-6-5-7-9-13/h5-9,14H,10-12H2,1-4H3,(H,19,23)(H,20,21)/t14-/m0/s1. The largest absolute Gasteiger partial charge is 0.469 e. The van der Waals surface area contributed by atoms with E-state index < -0.39 is 23.7 Å². The number of ether oxygens (including phenoxy) is 2. The van der Waals surface area contributed by atoms with Crippen LogP contribution in [0, 0.1) is 0 Å². The van der Waals surface area contributed by atoms with Crippen LogP contribution in [0.25, 0.3) is 0 Å². The van der Waals surface area contributed by atoms with E-state index in [1.165, 1.54) is 7.11 Å². The Labute approximate surface area is 148 Å². The Kier molecular flexibility index (Phi) is 7.91. The molecule has 7 nitrogen and oxygen atoms in total. The van der Waals surface area contributed by atoms with Crippen LogP contribution in [0.15, 0.2) is 30.3 Å². The molecule has 0 aliphatic heterocycles. The van der Waals surface area contributed by atoms with E-state index in [1.54, 1.807) is 20.8 Å². The lowest BCUT2D eigenvalue weighted by Gasteiger charge is -2.20. The highest BCUT2D eigenvalue weighted by Crippen LogP contribution is 2.17. The molecule has 0 saturated carbocycles. The molecule has 0 spiro atoms. The molecule has 1 aromatic rings. The molecule has 0 unspecified atom stereocenters. The van der Waals surface area contributed by atoms with E-state index in [4.69, 9.17) is 4.74 Å². The molecule has 138 valence electrons. The molecule has 25 heavy (non-hydrogen) atoms. The van der Waals surface area contributed by atoms with Gasteiger partial charge < -0.3 is 20.1 Å². The third-order valence-corrected chi connectivity index (χ3v) is 3.16. The minimum Gasteiger partial charge on any atom is -0.469 e. The van der Waals surface area contributed by atoms with E-state index in [-0.39, 0.29) is 25.3 Å². The van der Waals surface area contributed by atoms with Crippen molar-refractivity contribution in [2.45, 2.75) is 45.3 Å². The normalized spacial score (nSPS) is 12.0. The van der Waals surface area contributed by atoms with E-state index in [1.807, 2.05) is 30.3 Å². The predicted octanol–water partition coefficient (Wildman–Crippen LogP) is 2.32. The van der Waals surface area contributed by atoms with Crippen LogP contribution in [0.2, 0.25) is 0 Å². The highest BCUT2D eigenvalue weighted by Gasteiger charge is 2.19. The summed E-state index contributed by atoms with van der Waals surface area (Å²) in [7, 11) is 1.30. The molecule has 0 heterocycles. The minimum atomic E-state index is -0.592. The van der Waals surface area contributed by atoms with Crippen molar-refractivity contribution in [2.24, 2.45) is 0 Å². The van der Waals surface area contributed by atoms with Crippen molar-refractivity contribution in [1.29, 1.82) is 0 Å². The highest BCUT2D eigenvalue weighted by atomic mass is 16.6. The van der Waals surface area contributed by atoms with Gasteiger partial charge in [0.2, 0.25) is 5.91 Å². The van der Waals surface area contributed by atoms with Crippen molar-refractivity contribution in [3.8, 4) is 0 Å². The summed E-state index contributed by atoms with van der Waals surface area (Å²) >= 11 is 0. The van der Waals surface area contributed by atoms with Crippen LogP contribution in [-0.2, 0) is 19.1 Å². The van der Waals surface area contributed by atoms with Gasteiger partial charge in [0.15, 0.2) is 0 Å². The van der Waals surface area contributed by atoms with Crippen LogP contribution in [-0.4, -0.2) is 37.2 Å². The molecule has 7 heteroatoms. The second kappa shape index (κ2) is 9.66. The Balaban J connectivity index is 2.52. The van der Waals surface area contributed by atoms with Crippen LogP contribution in [0.5, 0.6) is 0 Å². The van der Waals surface area contributed by atoms with Crippen LogP contribution in [0.1, 0.15) is 45.2 Å². The predicted molar refractivity (Wildman–Crippen MR) is 92.8 cm³/mol. The van der Waals surface area contributed by atoms with Crippen molar-refractivity contribution < 1.29 is 23.9 Å². The summed E-state index contributed by atoms with van der Waals surface area (Å²) in [4.78, 5) is 35.2. The Bertz CT molecular complexity index is 581. The lowest BCUT2D eigenvalue weighted by atomic mass is 10.0. The van der Waals surface area contributed by atoms with E-state index >= 15 is 0 Å². The number of hydrogen-bond acceptors (Lipinski definition) is 5. The molecular formula is C18H26N2O5. The molecule has 0 bridgehead atoms. The second-order valence-corrected chi connectivity index (χ2v) is 6.49. The van der Waals surface area contributed by atoms with Gasteiger partial charge in [-0.05, 0) is 26.3 Å². The average Bonchev–Trinajstić information content (AvgIpc) is 2.53. The lowest BCUT2D eigenvalue weighted by Crippen LogP contribution is -2.36. The number of carbonyl (C=O) groups is 3. The Hall–Kier alpha value is -2.57. The molecule has 2 N–H and O–H groups in total. The van der Waals surface area contributed by atoms with E-state index in [9.17, 15) is 14.4 Å². The van der Waals surface area contributed by atoms with E-state index in [0.29, 0.717) is 0 Å². The first-order valence-corrected chi connectivity index (χ1v) is 8.09. The van der Waals surface area contributed by atoms with Crippen LogP contribution >= 0.6 is 0 Å². The highest BCUT2D eigenvalue weighted by molar-refractivity contribution is 5.79. The number of carbonyl (C=O) groups excluding carboxylic acids is 3. The fourth-order valence-corrected chi connectivity index (χ4v) is 2.05. The zero-order valence-corrected chi connectivity index (χ0v) is 15.1. The average molecular weight is 350 g/mol. The summed E-state index contributed by atoms with van der Waals surface area (Å²) in [6.45, 7) is 5.42. The summed E-state index contributed by atoms with van der Waals surface area (Å²) in [5, 5.41) is 5.31. The number of nitrogens with one attached hydrogen (secondary N) is 2. The van der Waals surface area contributed by atoms with Gasteiger partial charge in [-0.15, -0.1) is 0 Å². The van der Waals surface area contributed by atoms with Gasteiger partial charge in [0.25, 0.3) is 0 Å². The first-order valence-electron chi connectivity index (χ1n) is 8.09. The van der Waals surface area contributed by atoms with Crippen molar-refractivity contribution in [2.75, 3.05) is 13.7 Å². The van der Waals surface area contributed by atoms with Crippen molar-refractivity contribution in [3.05, 3.63) is 35.9 Å². The Morgan fingerprint density at radius 1 is 1.12 bits per heavy atom. The summed E-state index contributed by atoms with van der Waals surface area (Å²) in [6.07, 6.45) is -0.468. The fraction of sp³-hybridized carbons (Fsp3) is 0.500. The van der Waals surface area contributed by atoms with Crippen molar-refractivity contribution >= 4 is 18.0 Å². The third kappa shape index (κ3) is 8.74. The molecule has 2 amide bonds. The van der Waals surface area contributed by atoms with Gasteiger partial charge in [-0.3, -0.25) is 9.59 Å². The number of methoxy groups -OCH3 is 1. The summed E-state index contributed by atoms with van der Waals surface area (Å²) < 4.78 is 9.77. The number of amides is 2. The SMILES string of the molecule is COC(=O)C[C@H](NC(=O)CCNC(=O)OC(C)(C)C)c1ccccc1. The number of alkyl carbamates (subject to hydrolysis) is 1. The lowest BCUT2D eigenvalue weighted by molar-refractivity contribution is -0.141. The maximum Gasteiger partial charge on any atom is 0.407 e. The monoisotopic (exact) mass is 350 g/mol. The number of benzene rings is 1. The van der Waals surface area contributed by atoms with Gasteiger partial charge >= 0.3 is 12.1 Å². The first-order chi connectivity index (χ1) is 11.7. The zero-order chi connectivity index (χ0) is 18.9. The van der Waals surface area contributed by atoms with Crippen molar-refractivity contribution in [1.82, 2.24) is 10.6 Å². The number of esters is 1. The van der Waals surface area contributed by atoms with Gasteiger partial charge in [-0.25, -0.2) is 4.79 Å². The summed E-state index contributed by atoms with van der Waals surface area (Å²) in [6, 6.07) is 8.68. The minimum absolute atomic E-state index is 0.0335. The van der Waals surface area contributed by atoms with Crippen LogP contribution in [0.3, 0.4) is 0 Å². The molecule has 1 aromatic carbocycles. The summed E-state index contributed by atoms with van der Waals surface area (Å²) in [5.41, 5.74) is 0.215. The molecule has 0 aliphatic rings. The third-order valence-electron chi connectivity index (χ3n) is 3.16. The molecule has 0 radical (unpaired) electrons. The van der Waals surface area contributed by atoms with E-state index in [2.05, 4.69) is 15.4 Å². The maximum absolute atomic E-state index is 12.1. The second-order valence-electron chi connectivity index (χ2n) is 6.49. The fourth-order valence-electron chi connectivity index (χ4n) is 2.05. The number of hydrogen-bond donors (Lipinski definition) is 2. The molecule has 1 atom stereocenters. The van der Waals surface area contributed by atoms with Gasteiger partial charge in [0.05, 0.1) is 19.6 Å². The molecule has 0 fully saturated rings. The van der Waals surface area contributed by atoms with Gasteiger partial charge in [0, 0.05) is 13.0 Å². The smallest absolute Gasteiger partial charge is 0.407 e. The molecule has 1 rings (SSSR count). The molecular weight excluding hydrogens is 324 g/mol. The number of rotatable bonds is 7. The molecule has 0 saturated heterocycles. The maximum atomic E-state index is 12.1. The Morgan fingerprint density at radius 2 is 1.76 bits per heavy atom. The van der Waals surface area contributed by atoms with Gasteiger partial charge in [-0.1, -0.05) is 30.3 Å². The van der Waals surface area contributed by atoms with E-state index in [0.717, 1.165) is 5.56 Å². The van der Waals surface area contributed by atoms with Crippen LogP contribution < -0.4 is 10.6 Å². The van der Waals surface area contributed by atoms with Gasteiger partial charge in [-0.2, -0.15) is 0 Å². The Morgan fingerprint density at radius 3 is 2.32 bits per heavy atom. The van der Waals surface area contributed by atoms with Crippen molar-refractivity contribution in [3.63, 3.8) is 0 Å². The molecule has 0 aliphatic carbocycles. The van der Waals surface area contributed by atoms with Gasteiger partial charge in [0.1, 0.15) is 5.60 Å². The topological polar surface area (TPSA) is 93.7 Å². The zero-order valence-electron chi connectivity index (χ0n) is 15.1. The summed E-state index contributed by atoms with van der Waals surface area (Å²) in [5.74, 6) is -0.699. The first kappa shape index (κ1) is 20.5.